The number of fused-ring (bicyclic) bond motifs is 17. The zero-order valence-corrected chi connectivity index (χ0v) is 36.3. The molecule has 0 heterocycles. The SMILES string of the molecule is CC1(C)c2cc(-c3ccc4ccc(-c5cc6c7ccccc7c7ccccc7c6c6ccccc56)cc4c3)ccc2-c2ccc(-c3cc4c5ccccc5ccc4c4ccccc34)cc21. The van der Waals surface area contributed by atoms with Crippen LogP contribution in [-0.4, -0.2) is 0 Å². The highest BCUT2D eigenvalue weighted by Crippen LogP contribution is 2.52. The summed E-state index contributed by atoms with van der Waals surface area (Å²) in [5, 5.41) is 20.7. The van der Waals surface area contributed by atoms with Crippen LogP contribution in [0.2, 0.25) is 0 Å². The molecule has 0 fully saturated rings. The van der Waals surface area contributed by atoms with Crippen LogP contribution >= 0.6 is 0 Å². The minimum absolute atomic E-state index is 0.174. The third-order valence-corrected chi connectivity index (χ3v) is 15.0. The molecule has 302 valence electrons. The molecule has 1 aliphatic carbocycles. The van der Waals surface area contributed by atoms with Gasteiger partial charge in [0.2, 0.25) is 0 Å². The van der Waals surface area contributed by atoms with Gasteiger partial charge in [-0.25, -0.2) is 0 Å². The second-order valence-corrected chi connectivity index (χ2v) is 18.8. The van der Waals surface area contributed by atoms with Gasteiger partial charge in [0.1, 0.15) is 0 Å². The lowest BCUT2D eigenvalue weighted by atomic mass is 9.80. The Bertz CT molecular complexity index is 4200. The molecule has 0 bridgehead atoms. The molecule has 65 heavy (non-hydrogen) atoms. The van der Waals surface area contributed by atoms with E-state index in [1.807, 2.05) is 0 Å². The summed E-state index contributed by atoms with van der Waals surface area (Å²) in [7, 11) is 0. The molecule has 0 radical (unpaired) electrons. The van der Waals surface area contributed by atoms with Crippen LogP contribution in [0.4, 0.5) is 0 Å². The molecule has 0 aliphatic heterocycles. The van der Waals surface area contributed by atoms with Crippen LogP contribution < -0.4 is 0 Å². The summed E-state index contributed by atoms with van der Waals surface area (Å²) < 4.78 is 0. The first kappa shape index (κ1) is 36.4. The Morgan fingerprint density at radius 1 is 0.231 bits per heavy atom. The molecule has 0 spiro atoms. The summed E-state index contributed by atoms with van der Waals surface area (Å²) in [6, 6.07) is 82.3. The predicted molar refractivity (Wildman–Crippen MR) is 280 cm³/mol. The molecule has 1 aliphatic rings. The Kier molecular flexibility index (Phi) is 7.55. The van der Waals surface area contributed by atoms with Crippen molar-refractivity contribution in [2.24, 2.45) is 0 Å². The highest BCUT2D eigenvalue weighted by molar-refractivity contribution is 6.33. The van der Waals surface area contributed by atoms with Gasteiger partial charge in [-0.15, -0.1) is 0 Å². The van der Waals surface area contributed by atoms with Gasteiger partial charge in [0.25, 0.3) is 0 Å². The van der Waals surface area contributed by atoms with E-state index in [-0.39, 0.29) is 5.41 Å². The fourth-order valence-electron chi connectivity index (χ4n) is 11.8. The minimum Gasteiger partial charge on any atom is -0.0616 e. The van der Waals surface area contributed by atoms with Crippen molar-refractivity contribution in [3.8, 4) is 44.5 Å². The maximum atomic E-state index is 2.48. The second-order valence-electron chi connectivity index (χ2n) is 18.8. The normalized spacial score (nSPS) is 13.2. The third kappa shape index (κ3) is 5.26. The summed E-state index contributed by atoms with van der Waals surface area (Å²) in [5.41, 5.74) is 12.8. The van der Waals surface area contributed by atoms with Crippen molar-refractivity contribution in [3.63, 3.8) is 0 Å². The van der Waals surface area contributed by atoms with Crippen molar-refractivity contribution >= 4 is 86.2 Å². The summed E-state index contributed by atoms with van der Waals surface area (Å²) in [5.74, 6) is 0. The highest BCUT2D eigenvalue weighted by Gasteiger charge is 2.36. The lowest BCUT2D eigenvalue weighted by molar-refractivity contribution is 0.661. The monoisotopic (exact) mass is 822 g/mol. The van der Waals surface area contributed by atoms with Crippen LogP contribution in [0, 0.1) is 0 Å². The molecule has 0 heteroatoms. The smallest absolute Gasteiger partial charge is 0.0159 e. The molecule has 0 saturated heterocycles. The van der Waals surface area contributed by atoms with E-state index in [0.717, 1.165) is 0 Å². The fraction of sp³-hybridized carbons (Fsp3) is 0.0462. The maximum absolute atomic E-state index is 2.48. The molecule has 0 atom stereocenters. The highest BCUT2D eigenvalue weighted by atomic mass is 14.4. The van der Waals surface area contributed by atoms with E-state index < -0.39 is 0 Å². The quantitative estimate of drug-likeness (QED) is 0.156. The van der Waals surface area contributed by atoms with Gasteiger partial charge in [0.05, 0.1) is 0 Å². The first-order valence-electron chi connectivity index (χ1n) is 22.9. The molecule has 0 saturated carbocycles. The minimum atomic E-state index is -0.174. The Hall–Kier alpha value is -8.06. The van der Waals surface area contributed by atoms with E-state index in [1.54, 1.807) is 0 Å². The molecular weight excluding hydrogens is 781 g/mol. The Morgan fingerprint density at radius 3 is 1.32 bits per heavy atom. The van der Waals surface area contributed by atoms with Crippen molar-refractivity contribution in [3.05, 3.63) is 230 Å². The number of hydrogen-bond acceptors (Lipinski definition) is 0. The maximum Gasteiger partial charge on any atom is 0.0159 e. The first-order valence-corrected chi connectivity index (χ1v) is 22.9. The Balaban J connectivity index is 0.876. The van der Waals surface area contributed by atoms with Crippen molar-refractivity contribution in [1.82, 2.24) is 0 Å². The van der Waals surface area contributed by atoms with Crippen molar-refractivity contribution in [1.29, 1.82) is 0 Å². The number of hydrogen-bond donors (Lipinski definition) is 0. The van der Waals surface area contributed by atoms with E-state index in [4.69, 9.17) is 0 Å². The lowest BCUT2D eigenvalue weighted by Crippen LogP contribution is -2.15. The van der Waals surface area contributed by atoms with E-state index in [9.17, 15) is 0 Å². The predicted octanol–water partition coefficient (Wildman–Crippen LogP) is 18.2. The van der Waals surface area contributed by atoms with E-state index in [1.165, 1.54) is 142 Å². The number of rotatable bonds is 3. The molecule has 13 aromatic carbocycles. The Morgan fingerprint density at radius 2 is 0.631 bits per heavy atom. The summed E-state index contributed by atoms with van der Waals surface area (Å²) >= 11 is 0. The van der Waals surface area contributed by atoms with Gasteiger partial charge in [-0.1, -0.05) is 196 Å². The third-order valence-electron chi connectivity index (χ3n) is 15.0. The zero-order chi connectivity index (χ0) is 43.0. The fourth-order valence-corrected chi connectivity index (χ4v) is 11.8. The summed E-state index contributed by atoms with van der Waals surface area (Å²) in [6.45, 7) is 4.81. The van der Waals surface area contributed by atoms with E-state index in [0.29, 0.717) is 0 Å². The molecule has 0 unspecified atom stereocenters. The van der Waals surface area contributed by atoms with Crippen LogP contribution in [0.1, 0.15) is 25.0 Å². The number of benzene rings is 13. The van der Waals surface area contributed by atoms with Gasteiger partial charge in [-0.2, -0.15) is 0 Å². The van der Waals surface area contributed by atoms with Crippen LogP contribution in [0.25, 0.3) is 131 Å². The molecule has 14 rings (SSSR count). The van der Waals surface area contributed by atoms with Gasteiger partial charge in [-0.3, -0.25) is 0 Å². The standard InChI is InChI=1S/C65H42/c1-65(2)62-35-42(28-31-54(62)55-32-29-44(36-63(55)65)58-37-60-46-14-4-3-13-40(46)27-30-53(60)48-16-5-7-18-50(48)58)41-25-23-39-24-26-43(34-45(39)33-41)59-38-61-51-19-8-6-15-47(51)49-17-9-11-21-56(49)64(61)57-22-12-10-20-52(57)59/h3-38H,1-2H3. The average Bonchev–Trinajstić information content (AvgIpc) is 3.59. The van der Waals surface area contributed by atoms with Crippen LogP contribution in [0.5, 0.6) is 0 Å². The van der Waals surface area contributed by atoms with Gasteiger partial charge in [0.15, 0.2) is 0 Å². The van der Waals surface area contributed by atoms with E-state index in [2.05, 4.69) is 232 Å². The van der Waals surface area contributed by atoms with Gasteiger partial charge >= 0.3 is 0 Å². The summed E-state index contributed by atoms with van der Waals surface area (Å²) in [6.07, 6.45) is 0. The average molecular weight is 823 g/mol. The summed E-state index contributed by atoms with van der Waals surface area (Å²) in [4.78, 5) is 0. The zero-order valence-electron chi connectivity index (χ0n) is 36.3. The second kappa shape index (κ2) is 13.5. The van der Waals surface area contributed by atoms with Crippen molar-refractivity contribution in [2.45, 2.75) is 19.3 Å². The van der Waals surface area contributed by atoms with Crippen molar-refractivity contribution < 1.29 is 0 Å². The first-order chi connectivity index (χ1) is 32.0. The van der Waals surface area contributed by atoms with E-state index >= 15 is 0 Å². The van der Waals surface area contributed by atoms with Gasteiger partial charge in [0, 0.05) is 5.41 Å². The molecule has 0 aromatic heterocycles. The molecular formula is C65H42. The Labute approximate surface area is 377 Å². The topological polar surface area (TPSA) is 0 Å². The van der Waals surface area contributed by atoms with Crippen LogP contribution in [0.3, 0.4) is 0 Å². The van der Waals surface area contributed by atoms with Gasteiger partial charge in [-0.05, 0) is 178 Å². The van der Waals surface area contributed by atoms with Crippen molar-refractivity contribution in [2.75, 3.05) is 0 Å². The molecule has 0 nitrogen and oxygen atoms in total. The molecule has 0 N–H and O–H groups in total. The largest absolute Gasteiger partial charge is 0.0616 e. The molecule has 13 aromatic rings. The lowest BCUT2D eigenvalue weighted by Gasteiger charge is -2.23. The van der Waals surface area contributed by atoms with Crippen LogP contribution in [0.15, 0.2) is 218 Å². The van der Waals surface area contributed by atoms with Crippen LogP contribution in [-0.2, 0) is 5.41 Å². The molecule has 0 amide bonds. The van der Waals surface area contributed by atoms with Gasteiger partial charge < -0.3 is 0 Å².